The number of fused-ring (bicyclic) bond motifs is 1. The van der Waals surface area contributed by atoms with Crippen molar-refractivity contribution in [3.05, 3.63) is 77.9 Å². The summed E-state index contributed by atoms with van der Waals surface area (Å²) >= 11 is 0. The van der Waals surface area contributed by atoms with E-state index in [-0.39, 0.29) is 11.7 Å². The second kappa shape index (κ2) is 7.93. The second-order valence-electron chi connectivity index (χ2n) is 6.67. The van der Waals surface area contributed by atoms with Gasteiger partial charge in [0.2, 0.25) is 0 Å². The predicted molar refractivity (Wildman–Crippen MR) is 104 cm³/mol. The van der Waals surface area contributed by atoms with Crippen molar-refractivity contribution in [2.75, 3.05) is 18.9 Å². The van der Waals surface area contributed by atoms with Crippen LogP contribution >= 0.6 is 0 Å². The average molecular weight is 347 g/mol. The lowest BCUT2D eigenvalue weighted by molar-refractivity contribution is -0.885. The van der Waals surface area contributed by atoms with Crippen LogP contribution in [0.2, 0.25) is 0 Å². The van der Waals surface area contributed by atoms with E-state index in [1.54, 1.807) is 24.3 Å². The highest BCUT2D eigenvalue weighted by atomic mass is 16.2. The van der Waals surface area contributed by atoms with Crippen molar-refractivity contribution in [2.45, 2.75) is 13.5 Å². The maximum Gasteiger partial charge on any atom is 0.279 e. The summed E-state index contributed by atoms with van der Waals surface area (Å²) in [6.45, 7) is 2.68. The molecule has 3 aromatic carbocycles. The van der Waals surface area contributed by atoms with Gasteiger partial charge in [0.25, 0.3) is 5.91 Å². The van der Waals surface area contributed by atoms with Gasteiger partial charge >= 0.3 is 0 Å². The molecule has 0 aliphatic carbocycles. The molecule has 4 nitrogen and oxygen atoms in total. The highest BCUT2D eigenvalue weighted by molar-refractivity contribution is 5.95. The smallest absolute Gasteiger partial charge is 0.279 e. The van der Waals surface area contributed by atoms with E-state index in [1.165, 1.54) is 23.3 Å². The molecule has 0 radical (unpaired) electrons. The first-order valence-corrected chi connectivity index (χ1v) is 8.71. The molecule has 0 saturated heterocycles. The number of likely N-dealkylation sites (N-methyl/N-ethyl adjacent to an activating group) is 1. The molecular formula is C22H23N2O2+. The Balaban J connectivity index is 1.57. The average Bonchev–Trinajstić information content (AvgIpc) is 2.61. The van der Waals surface area contributed by atoms with Crippen LogP contribution in [0, 0.1) is 0 Å². The van der Waals surface area contributed by atoms with Crippen LogP contribution in [0.1, 0.15) is 22.8 Å². The monoisotopic (exact) mass is 347 g/mol. The minimum atomic E-state index is -0.0427. The molecule has 0 fully saturated rings. The number of nitrogens with one attached hydrogen (secondary N) is 2. The molecule has 0 saturated carbocycles. The number of carbonyl (C=O) groups excluding carboxylic acids is 2. The molecule has 1 atom stereocenters. The van der Waals surface area contributed by atoms with Crippen molar-refractivity contribution in [3.63, 3.8) is 0 Å². The van der Waals surface area contributed by atoms with Crippen LogP contribution in [0.25, 0.3) is 10.8 Å². The summed E-state index contributed by atoms with van der Waals surface area (Å²) in [7, 11) is 2.01. The number of ketones is 1. The van der Waals surface area contributed by atoms with E-state index < -0.39 is 0 Å². The van der Waals surface area contributed by atoms with Crippen molar-refractivity contribution in [3.8, 4) is 0 Å². The second-order valence-corrected chi connectivity index (χ2v) is 6.67. The minimum Gasteiger partial charge on any atom is -0.326 e. The lowest BCUT2D eigenvalue weighted by atomic mass is 10.1. The molecule has 0 heterocycles. The highest BCUT2D eigenvalue weighted by Gasteiger charge is 2.11. The Kier molecular flexibility index (Phi) is 5.44. The molecular weight excluding hydrogens is 324 g/mol. The van der Waals surface area contributed by atoms with Crippen molar-refractivity contribution < 1.29 is 14.5 Å². The summed E-state index contributed by atoms with van der Waals surface area (Å²) in [5, 5.41) is 5.32. The number of quaternary nitrogens is 1. The van der Waals surface area contributed by atoms with E-state index in [1.807, 2.05) is 19.2 Å². The van der Waals surface area contributed by atoms with Gasteiger partial charge in [-0.25, -0.2) is 0 Å². The summed E-state index contributed by atoms with van der Waals surface area (Å²) < 4.78 is 0. The lowest BCUT2D eigenvalue weighted by Crippen LogP contribution is -3.08. The van der Waals surface area contributed by atoms with Crippen LogP contribution in [-0.2, 0) is 11.3 Å². The number of rotatable bonds is 6. The van der Waals surface area contributed by atoms with Gasteiger partial charge in [-0.05, 0) is 48.0 Å². The summed E-state index contributed by atoms with van der Waals surface area (Å²) in [5.41, 5.74) is 2.56. The van der Waals surface area contributed by atoms with Gasteiger partial charge < -0.3 is 10.2 Å². The van der Waals surface area contributed by atoms with Crippen LogP contribution in [0.4, 0.5) is 5.69 Å². The van der Waals surface area contributed by atoms with Gasteiger partial charge in [-0.1, -0.05) is 36.4 Å². The predicted octanol–water partition coefficient (Wildman–Crippen LogP) is 2.70. The van der Waals surface area contributed by atoms with Crippen LogP contribution in [0.3, 0.4) is 0 Å². The first-order chi connectivity index (χ1) is 12.5. The molecule has 3 aromatic rings. The maximum atomic E-state index is 12.2. The quantitative estimate of drug-likeness (QED) is 0.674. The third kappa shape index (κ3) is 4.55. The zero-order valence-corrected chi connectivity index (χ0v) is 15.1. The van der Waals surface area contributed by atoms with Gasteiger partial charge in [-0.15, -0.1) is 0 Å². The first kappa shape index (κ1) is 17.8. The molecule has 0 bridgehead atoms. The number of carbonyl (C=O) groups is 2. The van der Waals surface area contributed by atoms with Crippen LogP contribution in [0.15, 0.2) is 66.7 Å². The summed E-state index contributed by atoms with van der Waals surface area (Å²) in [4.78, 5) is 24.6. The number of anilines is 1. The van der Waals surface area contributed by atoms with Crippen LogP contribution < -0.4 is 10.2 Å². The standard InChI is InChI=1S/C22H22N2O2/c1-16(25)18-9-11-21(12-10-18)23-22(26)15-24(2)14-17-7-8-19-5-3-4-6-20(19)13-17/h3-13H,14-15H2,1-2H3,(H,23,26)/p+1. The van der Waals surface area contributed by atoms with Crippen LogP contribution in [0.5, 0.6) is 0 Å². The fourth-order valence-corrected chi connectivity index (χ4v) is 3.03. The first-order valence-electron chi connectivity index (χ1n) is 8.71. The Hall–Kier alpha value is -2.98. The van der Waals surface area contributed by atoms with Gasteiger partial charge in [0.15, 0.2) is 12.3 Å². The van der Waals surface area contributed by atoms with Gasteiger partial charge in [-0.3, -0.25) is 9.59 Å². The molecule has 0 spiro atoms. The lowest BCUT2D eigenvalue weighted by Gasteiger charge is -2.14. The summed E-state index contributed by atoms with van der Waals surface area (Å²) in [5.74, 6) is -0.0266. The Bertz CT molecular complexity index is 932. The minimum absolute atomic E-state index is 0.0161. The number of Topliss-reactive ketones (excluding diaryl/α,β-unsaturated/α-hetero) is 1. The van der Waals surface area contributed by atoms with E-state index in [2.05, 4.69) is 35.6 Å². The van der Waals surface area contributed by atoms with Gasteiger partial charge in [-0.2, -0.15) is 0 Å². The van der Waals surface area contributed by atoms with E-state index in [4.69, 9.17) is 0 Å². The maximum absolute atomic E-state index is 12.2. The molecule has 1 amide bonds. The third-order valence-electron chi connectivity index (χ3n) is 4.36. The topological polar surface area (TPSA) is 50.6 Å². The number of hydrogen-bond acceptors (Lipinski definition) is 2. The molecule has 132 valence electrons. The van der Waals surface area contributed by atoms with E-state index >= 15 is 0 Å². The van der Waals surface area contributed by atoms with Gasteiger partial charge in [0.1, 0.15) is 6.54 Å². The van der Waals surface area contributed by atoms with Crippen molar-refractivity contribution in [1.29, 1.82) is 0 Å². The largest absolute Gasteiger partial charge is 0.326 e. The Morgan fingerprint density at radius 3 is 2.31 bits per heavy atom. The fraction of sp³-hybridized carbons (Fsp3) is 0.182. The summed E-state index contributed by atoms with van der Waals surface area (Å²) in [6, 6.07) is 21.6. The molecule has 0 aliphatic rings. The van der Waals surface area contributed by atoms with E-state index in [0.717, 1.165) is 11.4 Å². The number of amides is 1. The number of benzene rings is 3. The van der Waals surface area contributed by atoms with Crippen molar-refractivity contribution >= 4 is 28.2 Å². The molecule has 3 rings (SSSR count). The molecule has 26 heavy (non-hydrogen) atoms. The molecule has 0 aromatic heterocycles. The zero-order chi connectivity index (χ0) is 18.5. The van der Waals surface area contributed by atoms with E-state index in [0.29, 0.717) is 17.8 Å². The fourth-order valence-electron chi connectivity index (χ4n) is 3.03. The highest BCUT2D eigenvalue weighted by Crippen LogP contribution is 2.15. The van der Waals surface area contributed by atoms with Gasteiger partial charge in [0, 0.05) is 16.8 Å². The third-order valence-corrected chi connectivity index (χ3v) is 4.36. The summed E-state index contributed by atoms with van der Waals surface area (Å²) in [6.07, 6.45) is 0. The Morgan fingerprint density at radius 2 is 1.62 bits per heavy atom. The Labute approximate surface area is 153 Å². The van der Waals surface area contributed by atoms with Crippen molar-refractivity contribution in [1.82, 2.24) is 0 Å². The molecule has 2 N–H and O–H groups in total. The normalized spacial score (nSPS) is 11.9. The SMILES string of the molecule is CC(=O)c1ccc(NC(=O)C[NH+](C)Cc2ccc3ccccc3c2)cc1. The molecule has 4 heteroatoms. The van der Waals surface area contributed by atoms with Gasteiger partial charge in [0.05, 0.1) is 7.05 Å². The van der Waals surface area contributed by atoms with Crippen LogP contribution in [-0.4, -0.2) is 25.3 Å². The number of hydrogen-bond donors (Lipinski definition) is 2. The van der Waals surface area contributed by atoms with E-state index in [9.17, 15) is 9.59 Å². The Morgan fingerprint density at radius 1 is 0.923 bits per heavy atom. The molecule has 0 aliphatic heterocycles. The molecule has 1 unspecified atom stereocenters. The van der Waals surface area contributed by atoms with Crippen molar-refractivity contribution in [2.24, 2.45) is 0 Å². The zero-order valence-electron chi connectivity index (χ0n) is 15.1.